The molecule has 0 aliphatic rings. The molecular formula is C18H20ClNO5. The molecule has 134 valence electrons. The van der Waals surface area contributed by atoms with Crippen molar-refractivity contribution in [2.75, 3.05) is 19.1 Å². The Hall–Kier alpha value is -2.52. The van der Waals surface area contributed by atoms with Gasteiger partial charge in [-0.2, -0.15) is 5.26 Å². The second kappa shape index (κ2) is 11.1. The zero-order valence-electron chi connectivity index (χ0n) is 14.2. The predicted octanol–water partition coefficient (Wildman–Crippen LogP) is 3.48. The van der Waals surface area contributed by atoms with Gasteiger partial charge in [-0.25, -0.2) is 4.79 Å². The minimum absolute atomic E-state index is 0.129. The maximum Gasteiger partial charge on any atom is 0.348 e. The van der Waals surface area contributed by atoms with Gasteiger partial charge in [-0.3, -0.25) is 4.79 Å². The highest BCUT2D eigenvalue weighted by Gasteiger charge is 2.13. The largest absolute Gasteiger partial charge is 0.490 e. The lowest BCUT2D eigenvalue weighted by Crippen LogP contribution is -2.09. The third-order valence-corrected chi connectivity index (χ3v) is 3.20. The Morgan fingerprint density at radius 3 is 2.60 bits per heavy atom. The first-order valence-electron chi connectivity index (χ1n) is 7.88. The zero-order valence-corrected chi connectivity index (χ0v) is 15.0. The maximum absolute atomic E-state index is 11.7. The number of carbonyl (C=O) groups excluding carboxylic acids is 2. The summed E-state index contributed by atoms with van der Waals surface area (Å²) in [7, 11) is 0. The van der Waals surface area contributed by atoms with Gasteiger partial charge in [-0.1, -0.05) is 6.07 Å². The lowest BCUT2D eigenvalue weighted by atomic mass is 10.1. The Morgan fingerprint density at radius 1 is 1.24 bits per heavy atom. The van der Waals surface area contributed by atoms with E-state index >= 15 is 0 Å². The Bertz CT molecular complexity index is 679. The molecular weight excluding hydrogens is 346 g/mol. The van der Waals surface area contributed by atoms with E-state index in [9.17, 15) is 9.59 Å². The van der Waals surface area contributed by atoms with Crippen LogP contribution < -0.4 is 9.47 Å². The molecule has 1 rings (SSSR count). The molecule has 0 bridgehead atoms. The van der Waals surface area contributed by atoms with Gasteiger partial charge in [0.1, 0.15) is 11.6 Å². The first kappa shape index (κ1) is 20.5. The summed E-state index contributed by atoms with van der Waals surface area (Å²) in [5.41, 5.74) is 0.421. The minimum Gasteiger partial charge on any atom is -0.490 e. The van der Waals surface area contributed by atoms with Crippen molar-refractivity contribution in [1.29, 1.82) is 5.26 Å². The number of nitriles is 1. The van der Waals surface area contributed by atoms with E-state index in [1.807, 2.05) is 0 Å². The third-order valence-electron chi connectivity index (χ3n) is 2.93. The van der Waals surface area contributed by atoms with Gasteiger partial charge in [0.05, 0.1) is 13.2 Å². The smallest absolute Gasteiger partial charge is 0.348 e. The molecule has 1 aromatic rings. The van der Waals surface area contributed by atoms with E-state index in [4.69, 9.17) is 31.1 Å². The molecule has 0 aromatic heterocycles. The van der Waals surface area contributed by atoms with Crippen LogP contribution in [0, 0.1) is 11.3 Å². The summed E-state index contributed by atoms with van der Waals surface area (Å²) in [6, 6.07) is 6.56. The molecule has 0 unspecified atom stereocenters. The van der Waals surface area contributed by atoms with E-state index in [1.54, 1.807) is 38.1 Å². The molecule has 0 aliphatic carbocycles. The van der Waals surface area contributed by atoms with Crippen LogP contribution in [0.4, 0.5) is 0 Å². The van der Waals surface area contributed by atoms with Gasteiger partial charge >= 0.3 is 11.9 Å². The van der Waals surface area contributed by atoms with E-state index in [2.05, 4.69) is 0 Å². The molecule has 7 heteroatoms. The lowest BCUT2D eigenvalue weighted by molar-refractivity contribution is -0.138. The Balaban J connectivity index is 3.05. The van der Waals surface area contributed by atoms with Gasteiger partial charge in [0.25, 0.3) is 0 Å². The average molecular weight is 366 g/mol. The fourth-order valence-electron chi connectivity index (χ4n) is 1.86. The van der Waals surface area contributed by atoms with Crippen LogP contribution in [-0.2, 0) is 14.3 Å². The topological polar surface area (TPSA) is 85.6 Å². The highest BCUT2D eigenvalue weighted by molar-refractivity contribution is 6.17. The van der Waals surface area contributed by atoms with Crippen molar-refractivity contribution in [2.45, 2.75) is 26.7 Å². The van der Waals surface area contributed by atoms with Crippen molar-refractivity contribution in [2.24, 2.45) is 0 Å². The predicted molar refractivity (Wildman–Crippen MR) is 93.4 cm³/mol. The van der Waals surface area contributed by atoms with Gasteiger partial charge in [-0.05, 0) is 44.0 Å². The molecule has 0 amide bonds. The molecule has 0 heterocycles. The van der Waals surface area contributed by atoms with Gasteiger partial charge in [0, 0.05) is 12.3 Å². The number of hydrogen-bond donors (Lipinski definition) is 0. The fraction of sp³-hybridized carbons (Fsp3) is 0.389. The van der Waals surface area contributed by atoms with Gasteiger partial charge < -0.3 is 14.2 Å². The van der Waals surface area contributed by atoms with Gasteiger partial charge in [-0.15, -0.1) is 11.6 Å². The molecule has 0 saturated heterocycles. The molecule has 6 nitrogen and oxygen atoms in total. The van der Waals surface area contributed by atoms with Crippen molar-refractivity contribution in [3.05, 3.63) is 29.3 Å². The van der Waals surface area contributed by atoms with Crippen LogP contribution in [-0.4, -0.2) is 31.0 Å². The van der Waals surface area contributed by atoms with Gasteiger partial charge in [0.15, 0.2) is 11.5 Å². The minimum atomic E-state index is -0.695. The summed E-state index contributed by atoms with van der Waals surface area (Å²) in [6.45, 7) is 4.00. The fourth-order valence-corrected chi connectivity index (χ4v) is 2.00. The van der Waals surface area contributed by atoms with Crippen LogP contribution >= 0.6 is 11.6 Å². The van der Waals surface area contributed by atoms with E-state index in [1.165, 1.54) is 6.08 Å². The first-order chi connectivity index (χ1) is 12.0. The van der Waals surface area contributed by atoms with Crippen molar-refractivity contribution >= 4 is 29.6 Å². The third kappa shape index (κ3) is 6.86. The van der Waals surface area contributed by atoms with E-state index < -0.39 is 11.9 Å². The number of esters is 2. The Labute approximate surface area is 151 Å². The van der Waals surface area contributed by atoms with Crippen molar-refractivity contribution in [3.8, 4) is 17.6 Å². The molecule has 0 aliphatic heterocycles. The van der Waals surface area contributed by atoms with Crippen molar-refractivity contribution < 1.29 is 23.8 Å². The molecule has 0 N–H and O–H groups in total. The molecule has 0 spiro atoms. The molecule has 0 radical (unpaired) electrons. The number of ether oxygens (including phenoxy) is 3. The van der Waals surface area contributed by atoms with Crippen molar-refractivity contribution in [1.82, 2.24) is 0 Å². The number of hydrogen-bond acceptors (Lipinski definition) is 6. The van der Waals surface area contributed by atoms with E-state index in [0.29, 0.717) is 30.2 Å². The SMILES string of the molecule is CCOC(=O)/C(C#N)=C/c1ccc(OC(=O)CCCCl)c(OCC)c1. The summed E-state index contributed by atoms with van der Waals surface area (Å²) < 4.78 is 15.6. The number of benzene rings is 1. The van der Waals surface area contributed by atoms with E-state index in [0.717, 1.165) is 0 Å². The van der Waals surface area contributed by atoms with Crippen molar-refractivity contribution in [3.63, 3.8) is 0 Å². The number of halogens is 1. The highest BCUT2D eigenvalue weighted by Crippen LogP contribution is 2.30. The summed E-state index contributed by atoms with van der Waals surface area (Å²) in [5.74, 6) is -0.111. The average Bonchev–Trinajstić information content (AvgIpc) is 2.60. The summed E-state index contributed by atoms with van der Waals surface area (Å²) in [4.78, 5) is 23.4. The number of rotatable bonds is 9. The highest BCUT2D eigenvalue weighted by atomic mass is 35.5. The Morgan fingerprint density at radius 2 is 2.00 bits per heavy atom. The summed E-state index contributed by atoms with van der Waals surface area (Å²) >= 11 is 5.56. The number of nitrogens with zero attached hydrogens (tertiary/aromatic N) is 1. The number of carbonyl (C=O) groups is 2. The molecule has 1 aromatic carbocycles. The second-order valence-corrected chi connectivity index (χ2v) is 5.17. The number of alkyl halides is 1. The van der Waals surface area contributed by atoms with Crippen LogP contribution in [0.5, 0.6) is 11.5 Å². The normalized spacial score (nSPS) is 10.7. The zero-order chi connectivity index (χ0) is 18.7. The van der Waals surface area contributed by atoms with Crippen LogP contribution in [0.2, 0.25) is 0 Å². The Kier molecular flexibility index (Phi) is 9.12. The first-order valence-corrected chi connectivity index (χ1v) is 8.41. The monoisotopic (exact) mass is 365 g/mol. The molecule has 25 heavy (non-hydrogen) atoms. The van der Waals surface area contributed by atoms with Crippen LogP contribution in [0.1, 0.15) is 32.3 Å². The molecule has 0 saturated carbocycles. The second-order valence-electron chi connectivity index (χ2n) is 4.80. The summed E-state index contributed by atoms with van der Waals surface area (Å²) in [6.07, 6.45) is 2.12. The maximum atomic E-state index is 11.7. The van der Waals surface area contributed by atoms with Crippen LogP contribution in [0.3, 0.4) is 0 Å². The van der Waals surface area contributed by atoms with Gasteiger partial charge in [0.2, 0.25) is 0 Å². The quantitative estimate of drug-likeness (QED) is 0.219. The molecule has 0 atom stereocenters. The summed E-state index contributed by atoms with van der Waals surface area (Å²) in [5, 5.41) is 9.08. The molecule has 0 fully saturated rings. The van der Waals surface area contributed by atoms with E-state index in [-0.39, 0.29) is 24.4 Å². The standard InChI is InChI=1S/C18H20ClNO5/c1-3-23-16-11-13(10-14(12-20)18(22)24-4-2)7-8-15(16)25-17(21)6-5-9-19/h7-8,10-11H,3-6,9H2,1-2H3/b14-10+. The van der Waals surface area contributed by atoms with Crippen LogP contribution in [0.15, 0.2) is 23.8 Å². The van der Waals surface area contributed by atoms with Crippen LogP contribution in [0.25, 0.3) is 6.08 Å². The lowest BCUT2D eigenvalue weighted by Gasteiger charge is -2.11.